The number of rotatable bonds is 7. The van der Waals surface area contributed by atoms with Crippen molar-refractivity contribution in [2.24, 2.45) is 0 Å². The van der Waals surface area contributed by atoms with Gasteiger partial charge in [-0.25, -0.2) is 13.6 Å². The number of carbonyl (C=O) groups is 3. The first-order chi connectivity index (χ1) is 17.9. The summed E-state index contributed by atoms with van der Waals surface area (Å²) < 4.78 is 35.6. The number of likely N-dealkylation sites (tertiary alicyclic amines) is 1. The van der Waals surface area contributed by atoms with Crippen molar-refractivity contribution in [3.8, 4) is 0 Å². The van der Waals surface area contributed by atoms with Gasteiger partial charge in [0.25, 0.3) is 5.91 Å². The van der Waals surface area contributed by atoms with Gasteiger partial charge in [-0.2, -0.15) is 0 Å². The average molecular weight is 523 g/mol. The van der Waals surface area contributed by atoms with E-state index in [0.29, 0.717) is 5.56 Å². The lowest BCUT2D eigenvalue weighted by molar-refractivity contribution is -0.154. The van der Waals surface area contributed by atoms with Gasteiger partial charge in [0.05, 0.1) is 13.1 Å². The predicted molar refractivity (Wildman–Crippen MR) is 138 cm³/mol. The fraction of sp³-hybridized carbons (Fsp3) is 0.250. The highest BCUT2D eigenvalue weighted by Gasteiger charge is 2.50. The fourth-order valence-electron chi connectivity index (χ4n) is 4.56. The van der Waals surface area contributed by atoms with E-state index < -0.39 is 55.7 Å². The van der Waals surface area contributed by atoms with Crippen LogP contribution in [0.1, 0.15) is 22.3 Å². The molecule has 2 amide bonds. The van der Waals surface area contributed by atoms with Crippen LogP contribution in [-0.4, -0.2) is 54.2 Å². The number of hydrogen-bond donors (Lipinski definition) is 1. The maximum atomic E-state index is 14.9. The number of esters is 1. The molecule has 1 aliphatic rings. The molecule has 0 spiro atoms. The van der Waals surface area contributed by atoms with Crippen molar-refractivity contribution in [1.29, 1.82) is 0 Å². The number of nitrogens with one attached hydrogen (secondary N) is 1. The van der Waals surface area contributed by atoms with E-state index in [2.05, 4.69) is 5.32 Å². The van der Waals surface area contributed by atoms with Crippen LogP contribution in [0.25, 0.3) is 20.2 Å². The van der Waals surface area contributed by atoms with Crippen molar-refractivity contribution < 1.29 is 27.9 Å². The zero-order chi connectivity index (χ0) is 26.0. The van der Waals surface area contributed by atoms with Crippen LogP contribution in [0.15, 0.2) is 72.8 Å². The minimum atomic E-state index is -2.34. The first kappa shape index (κ1) is 24.8. The van der Waals surface area contributed by atoms with E-state index >= 15 is 0 Å². The number of alkyl halides is 2. The van der Waals surface area contributed by atoms with Crippen LogP contribution in [-0.2, 0) is 20.9 Å². The molecule has 6 nitrogen and oxygen atoms in total. The predicted octanol–water partition coefficient (Wildman–Crippen LogP) is 4.81. The molecule has 9 heteroatoms. The monoisotopic (exact) mass is 522 g/mol. The number of thiophene rings is 1. The lowest BCUT2D eigenvalue weighted by Crippen LogP contribution is -2.46. The summed E-state index contributed by atoms with van der Waals surface area (Å²) in [6.45, 7) is -2.43. The summed E-state index contributed by atoms with van der Waals surface area (Å²) in [6.07, 6.45) is -0.501. The average Bonchev–Trinajstić information content (AvgIpc) is 3.48. The Bertz CT molecular complexity index is 1480. The first-order valence-corrected chi connectivity index (χ1v) is 12.6. The highest BCUT2D eigenvalue weighted by Crippen LogP contribution is 2.34. The molecule has 0 unspecified atom stereocenters. The number of fused-ring (bicyclic) bond motifs is 3. The maximum absolute atomic E-state index is 14.9. The molecule has 1 fully saturated rings. The van der Waals surface area contributed by atoms with Crippen LogP contribution in [0.2, 0.25) is 0 Å². The molecule has 4 aromatic rings. The number of benzene rings is 3. The zero-order valence-electron chi connectivity index (χ0n) is 19.8. The molecule has 2 heterocycles. The van der Waals surface area contributed by atoms with Crippen molar-refractivity contribution in [3.05, 3.63) is 83.9 Å². The van der Waals surface area contributed by atoms with E-state index in [0.717, 1.165) is 30.6 Å². The van der Waals surface area contributed by atoms with E-state index in [4.69, 9.17) is 4.74 Å². The molecule has 1 aliphatic heterocycles. The molecule has 0 saturated carbocycles. The Kier molecular flexibility index (Phi) is 6.88. The van der Waals surface area contributed by atoms with Crippen LogP contribution in [0, 0.1) is 0 Å². The smallest absolute Gasteiger partial charge is 0.329 e. The lowest BCUT2D eigenvalue weighted by atomic mass is 10.0. The molecule has 5 rings (SSSR count). The van der Waals surface area contributed by atoms with E-state index in [1.54, 1.807) is 47.7 Å². The summed E-state index contributed by atoms with van der Waals surface area (Å²) in [5, 5.41) is 4.68. The van der Waals surface area contributed by atoms with Gasteiger partial charge in [-0.1, -0.05) is 54.6 Å². The highest BCUT2D eigenvalue weighted by molar-refractivity contribution is 7.25. The van der Waals surface area contributed by atoms with Crippen molar-refractivity contribution in [2.45, 2.75) is 24.7 Å². The standard InChI is InChI=1S/C28H24F2N2O4S/c29-16-28(30)13-22(27(35)36-15-18-6-2-1-3-7-18)32(17-28)25(33)14-31-26(34)19-10-11-21-20-8-4-5-9-23(20)37-24(21)12-19/h1-12,22H,13-17H2,(H,31,34)/t22-,28-/m0/s1. The summed E-state index contributed by atoms with van der Waals surface area (Å²) in [4.78, 5) is 39.4. The van der Waals surface area contributed by atoms with Gasteiger partial charge in [0.2, 0.25) is 5.91 Å². The topological polar surface area (TPSA) is 75.7 Å². The molecule has 2 atom stereocenters. The number of amides is 2. The van der Waals surface area contributed by atoms with E-state index in [1.165, 1.54) is 0 Å². The molecular formula is C28H24F2N2O4S. The molecule has 3 aromatic carbocycles. The van der Waals surface area contributed by atoms with Gasteiger partial charge in [-0.3, -0.25) is 9.59 Å². The molecule has 1 aromatic heterocycles. The summed E-state index contributed by atoms with van der Waals surface area (Å²) in [5.74, 6) is -1.98. The Morgan fingerprint density at radius 3 is 2.51 bits per heavy atom. The van der Waals surface area contributed by atoms with Gasteiger partial charge in [0, 0.05) is 32.2 Å². The maximum Gasteiger partial charge on any atom is 0.329 e. The third-order valence-corrected chi connectivity index (χ3v) is 7.62. The molecule has 0 bridgehead atoms. The van der Waals surface area contributed by atoms with E-state index in [-0.39, 0.29) is 6.61 Å². The largest absolute Gasteiger partial charge is 0.459 e. The normalized spacial score (nSPS) is 19.3. The van der Waals surface area contributed by atoms with E-state index in [1.807, 2.05) is 36.4 Å². The number of nitrogens with zero attached hydrogens (tertiary/aromatic N) is 1. The van der Waals surface area contributed by atoms with E-state index in [9.17, 15) is 23.2 Å². The fourth-order valence-corrected chi connectivity index (χ4v) is 5.70. The molecule has 0 radical (unpaired) electrons. The quantitative estimate of drug-likeness (QED) is 0.354. The van der Waals surface area contributed by atoms with Crippen molar-refractivity contribution in [2.75, 3.05) is 19.8 Å². The minimum Gasteiger partial charge on any atom is -0.459 e. The number of ether oxygens (including phenoxy) is 1. The third-order valence-electron chi connectivity index (χ3n) is 6.49. The van der Waals surface area contributed by atoms with Crippen LogP contribution in [0.4, 0.5) is 8.78 Å². The van der Waals surface area contributed by atoms with Gasteiger partial charge < -0.3 is 15.0 Å². The first-order valence-electron chi connectivity index (χ1n) is 11.8. The Labute approximate surface area is 215 Å². The van der Waals surface area contributed by atoms with Gasteiger partial charge in [-0.05, 0) is 23.8 Å². The second-order valence-corrected chi connectivity index (χ2v) is 10.2. The minimum absolute atomic E-state index is 0.0515. The Morgan fingerprint density at radius 1 is 1.00 bits per heavy atom. The van der Waals surface area contributed by atoms with Crippen LogP contribution in [0.5, 0.6) is 0 Å². The third kappa shape index (κ3) is 5.17. The Hall–Kier alpha value is -3.85. The van der Waals surface area contributed by atoms with Crippen LogP contribution in [0.3, 0.4) is 0 Å². The second-order valence-electron chi connectivity index (χ2n) is 9.11. The number of hydrogen-bond acceptors (Lipinski definition) is 5. The van der Waals surface area contributed by atoms with Crippen molar-refractivity contribution in [1.82, 2.24) is 10.2 Å². The molecule has 1 N–H and O–H groups in total. The SMILES string of the molecule is O=C(NCC(=O)N1C[C@@](F)(CF)C[C@H]1C(=O)OCc1ccccc1)c1ccc2c(c1)sc1ccccc12. The molecule has 190 valence electrons. The van der Waals surface area contributed by atoms with Gasteiger partial charge >= 0.3 is 5.97 Å². The molecule has 37 heavy (non-hydrogen) atoms. The number of carbonyl (C=O) groups excluding carboxylic acids is 3. The molecule has 1 saturated heterocycles. The van der Waals surface area contributed by atoms with Crippen molar-refractivity contribution >= 4 is 49.3 Å². The number of halogens is 2. The van der Waals surface area contributed by atoms with Crippen LogP contribution < -0.4 is 5.32 Å². The zero-order valence-corrected chi connectivity index (χ0v) is 20.6. The van der Waals surface area contributed by atoms with Crippen LogP contribution >= 0.6 is 11.3 Å². The van der Waals surface area contributed by atoms with Crippen molar-refractivity contribution in [3.63, 3.8) is 0 Å². The highest BCUT2D eigenvalue weighted by atomic mass is 32.1. The summed E-state index contributed by atoms with van der Waals surface area (Å²) in [7, 11) is 0. The Balaban J connectivity index is 1.25. The van der Waals surface area contributed by atoms with Gasteiger partial charge in [-0.15, -0.1) is 11.3 Å². The van der Waals surface area contributed by atoms with Gasteiger partial charge in [0.15, 0.2) is 5.67 Å². The van der Waals surface area contributed by atoms with Gasteiger partial charge in [0.1, 0.15) is 19.3 Å². The summed E-state index contributed by atoms with van der Waals surface area (Å²) in [6, 6.07) is 20.9. The second kappa shape index (κ2) is 10.3. The molecule has 0 aliphatic carbocycles. The summed E-state index contributed by atoms with van der Waals surface area (Å²) >= 11 is 1.56. The summed E-state index contributed by atoms with van der Waals surface area (Å²) in [5.41, 5.74) is -1.25. The molecular weight excluding hydrogens is 498 g/mol. The Morgan fingerprint density at radius 2 is 1.73 bits per heavy atom. The lowest BCUT2D eigenvalue weighted by Gasteiger charge is -2.23.